The van der Waals surface area contributed by atoms with Crippen molar-refractivity contribution in [2.45, 2.75) is 11.4 Å². The normalized spacial score (nSPS) is 22.9. The van der Waals surface area contributed by atoms with Crippen LogP contribution in [0.25, 0.3) is 0 Å². The number of hydrogen-bond donors (Lipinski definition) is 4. The Morgan fingerprint density at radius 2 is 2.22 bits per heavy atom. The van der Waals surface area contributed by atoms with Crippen molar-refractivity contribution >= 4 is 63.3 Å². The van der Waals surface area contributed by atoms with Gasteiger partial charge in [0.15, 0.2) is 10.8 Å². The average molecular weight is 551 g/mol. The predicted molar refractivity (Wildman–Crippen MR) is 133 cm³/mol. The molecule has 0 aromatic carbocycles. The number of halogens is 1. The Bertz CT molecular complexity index is 1300. The number of allylic oxidation sites excluding steroid dienone is 2. The number of thiazole rings is 1. The van der Waals surface area contributed by atoms with E-state index in [1.54, 1.807) is 34.9 Å². The fourth-order valence-electron chi connectivity index (χ4n) is 4.05. The Balaban J connectivity index is 1.33. The molecule has 1 fully saturated rings. The van der Waals surface area contributed by atoms with Gasteiger partial charge >= 0.3 is 5.97 Å². The highest BCUT2D eigenvalue weighted by Gasteiger charge is 2.54. The van der Waals surface area contributed by atoms with Crippen molar-refractivity contribution in [3.8, 4) is 0 Å². The van der Waals surface area contributed by atoms with Gasteiger partial charge in [-0.2, -0.15) is 0 Å². The summed E-state index contributed by atoms with van der Waals surface area (Å²) < 4.78 is 0. The van der Waals surface area contributed by atoms with Crippen molar-refractivity contribution in [1.29, 1.82) is 0 Å². The van der Waals surface area contributed by atoms with Gasteiger partial charge in [-0.25, -0.2) is 14.8 Å². The highest BCUT2D eigenvalue weighted by Crippen LogP contribution is 2.41. The molecule has 0 spiro atoms. The predicted octanol–water partition coefficient (Wildman–Crippen LogP) is 0.343. The molecule has 4 aliphatic rings. The van der Waals surface area contributed by atoms with E-state index in [1.165, 1.54) is 23.8 Å². The number of amides is 2. The molecule has 2 amide bonds. The number of hydrazine groups is 1. The number of fused-ring (bicyclic) bond motifs is 2. The van der Waals surface area contributed by atoms with Crippen LogP contribution in [-0.2, 0) is 19.2 Å². The number of hydrogen-bond acceptors (Lipinski definition) is 12. The van der Waals surface area contributed by atoms with Gasteiger partial charge < -0.3 is 25.9 Å². The first-order valence-corrected chi connectivity index (χ1v) is 12.7. The van der Waals surface area contributed by atoms with Crippen molar-refractivity contribution in [2.24, 2.45) is 5.16 Å². The lowest BCUT2D eigenvalue weighted by molar-refractivity contribution is -0.150. The van der Waals surface area contributed by atoms with Crippen molar-refractivity contribution in [3.05, 3.63) is 57.9 Å². The van der Waals surface area contributed by atoms with Gasteiger partial charge in [-0.3, -0.25) is 19.9 Å². The summed E-state index contributed by atoms with van der Waals surface area (Å²) in [5.41, 5.74) is 9.16. The van der Waals surface area contributed by atoms with E-state index in [0.717, 1.165) is 17.2 Å². The highest BCUT2D eigenvalue weighted by atomic mass is 35.5. The number of β-lactam (4-membered cyclic amide) rings is 1. The molecule has 1 saturated heterocycles. The number of oxime groups is 1. The third kappa shape index (κ3) is 4.14. The fraction of sp³-hybridized carbons (Fsp3) is 0.250. The molecule has 16 heteroatoms. The maximum atomic E-state index is 13.0. The zero-order valence-corrected chi connectivity index (χ0v) is 20.9. The lowest BCUT2D eigenvalue weighted by atomic mass is 10.0. The Kier molecular flexibility index (Phi) is 6.27. The first-order valence-electron chi connectivity index (χ1n) is 10.4. The maximum absolute atomic E-state index is 13.0. The van der Waals surface area contributed by atoms with E-state index in [9.17, 15) is 19.5 Å². The van der Waals surface area contributed by atoms with E-state index in [2.05, 4.69) is 20.9 Å². The molecule has 2 atom stereocenters. The second kappa shape index (κ2) is 9.40. The van der Waals surface area contributed by atoms with E-state index in [1.807, 2.05) is 4.90 Å². The molecule has 5 N–H and O–H groups in total. The molecular weight excluding hydrogens is 532 g/mol. The van der Waals surface area contributed by atoms with Gasteiger partial charge in [0.25, 0.3) is 11.8 Å². The van der Waals surface area contributed by atoms with Crippen LogP contribution in [0.15, 0.2) is 57.3 Å². The molecule has 0 aliphatic carbocycles. The number of carboxylic acids is 1. The summed E-state index contributed by atoms with van der Waals surface area (Å²) >= 11 is 8.49. The summed E-state index contributed by atoms with van der Waals surface area (Å²) in [6.45, 7) is 0.254. The Hall–Kier alpha value is -3.69. The molecule has 5 rings (SSSR count). The number of aliphatic carboxylic acids is 1. The molecule has 0 unspecified atom stereocenters. The Morgan fingerprint density at radius 3 is 2.92 bits per heavy atom. The number of nitrogens with zero attached hydrogens (tertiary/aromatic N) is 5. The minimum absolute atomic E-state index is 0.0860. The quantitative estimate of drug-likeness (QED) is 0.160. The third-order valence-corrected chi connectivity index (χ3v) is 7.83. The summed E-state index contributed by atoms with van der Waals surface area (Å²) in [7, 11) is 1.28. The van der Waals surface area contributed by atoms with E-state index in [0.29, 0.717) is 16.5 Å². The van der Waals surface area contributed by atoms with Crippen molar-refractivity contribution < 1.29 is 24.3 Å². The van der Waals surface area contributed by atoms with Crippen molar-refractivity contribution in [3.63, 3.8) is 0 Å². The maximum Gasteiger partial charge on any atom is 0.352 e. The number of nitrogens with two attached hydrogens (primary N) is 1. The molecule has 1 aromatic heterocycles. The highest BCUT2D eigenvalue weighted by molar-refractivity contribution is 8.00. The molecule has 0 bridgehead atoms. The summed E-state index contributed by atoms with van der Waals surface area (Å²) in [4.78, 5) is 50.0. The minimum atomic E-state index is -1.22. The van der Waals surface area contributed by atoms with Crippen LogP contribution < -0.4 is 16.5 Å². The monoisotopic (exact) mass is 550 g/mol. The van der Waals surface area contributed by atoms with Crippen LogP contribution in [0.1, 0.15) is 5.69 Å². The summed E-state index contributed by atoms with van der Waals surface area (Å²) in [5, 5.41) is 19.7. The molecule has 0 radical (unpaired) electrons. The largest absolute Gasteiger partial charge is 0.477 e. The summed E-state index contributed by atoms with van der Waals surface area (Å²) in [6.07, 6.45) is 7.04. The lowest BCUT2D eigenvalue weighted by Crippen LogP contribution is -2.71. The first-order chi connectivity index (χ1) is 17.3. The number of carbonyl (C=O) groups excluding carboxylic acids is 2. The van der Waals surface area contributed by atoms with Crippen molar-refractivity contribution in [2.75, 3.05) is 25.1 Å². The molecule has 13 nitrogen and oxygen atoms in total. The molecule has 36 heavy (non-hydrogen) atoms. The second-order valence-corrected chi connectivity index (χ2v) is 10.2. The third-order valence-electron chi connectivity index (χ3n) is 5.60. The molecular formula is C20H19ClN8O5S2. The van der Waals surface area contributed by atoms with Gasteiger partial charge in [-0.15, -0.1) is 23.1 Å². The van der Waals surface area contributed by atoms with Crippen LogP contribution >= 0.6 is 34.7 Å². The number of carboxylic acid groups (broad SMARTS) is 1. The zero-order chi connectivity index (χ0) is 25.6. The van der Waals surface area contributed by atoms with E-state index < -0.39 is 29.2 Å². The van der Waals surface area contributed by atoms with Crippen LogP contribution in [0.2, 0.25) is 0 Å². The second-order valence-electron chi connectivity index (χ2n) is 7.76. The van der Waals surface area contributed by atoms with Crippen LogP contribution in [0.4, 0.5) is 5.13 Å². The Labute approximate surface area is 217 Å². The van der Waals surface area contributed by atoms with E-state index in [4.69, 9.17) is 22.2 Å². The van der Waals surface area contributed by atoms with Gasteiger partial charge in [0.05, 0.1) is 0 Å². The van der Waals surface area contributed by atoms with Gasteiger partial charge in [-0.1, -0.05) is 16.8 Å². The smallest absolute Gasteiger partial charge is 0.352 e. The SMILES string of the molecule is CO/N=C(\C(=O)N[C@@H]1C(=O)N2C(C(=O)O)=C(CN3C=CN4NC(Cl)=CC=C34)CS[C@@H]12)c1csc(N)n1. The minimum Gasteiger partial charge on any atom is -0.477 e. The van der Waals surface area contributed by atoms with Crippen LogP contribution in [0, 0.1) is 0 Å². The number of aromatic nitrogens is 1. The fourth-order valence-corrected chi connectivity index (χ4v) is 6.09. The standard InChI is InChI=1S/C20H19ClN8O5S2/c1-34-26-13(10-8-36-20(22)23-10)16(30)24-14-17(31)29-15(19(32)33)9(7-35-18(14)29)6-27-4-5-28-12(27)3-2-11(21)25-28/h2-5,8,14,18,25H,6-7H2,1H3,(H2,22,23)(H,24,30)(H,32,33)/b26-13-/t14-,18+/m1/s1. The molecule has 4 aliphatic heterocycles. The number of nitrogens with one attached hydrogen (secondary N) is 2. The number of nitrogen functional groups attached to an aromatic ring is 1. The molecule has 188 valence electrons. The zero-order valence-electron chi connectivity index (χ0n) is 18.5. The van der Waals surface area contributed by atoms with Gasteiger partial charge in [0, 0.05) is 30.1 Å². The van der Waals surface area contributed by atoms with Crippen molar-refractivity contribution in [1.82, 2.24) is 30.5 Å². The van der Waals surface area contributed by atoms with Crippen LogP contribution in [0.3, 0.4) is 0 Å². The number of anilines is 1. The lowest BCUT2D eigenvalue weighted by Gasteiger charge is -2.49. The first kappa shape index (κ1) is 24.0. The number of thioether (sulfide) groups is 1. The van der Waals surface area contributed by atoms with E-state index >= 15 is 0 Å². The van der Waals surface area contributed by atoms with Crippen LogP contribution in [0.5, 0.6) is 0 Å². The summed E-state index contributed by atoms with van der Waals surface area (Å²) in [5.74, 6) is -1.32. The van der Waals surface area contributed by atoms with E-state index in [-0.39, 0.29) is 28.8 Å². The van der Waals surface area contributed by atoms with Gasteiger partial charge in [0.2, 0.25) is 0 Å². The molecule has 1 aromatic rings. The Morgan fingerprint density at radius 1 is 1.42 bits per heavy atom. The average Bonchev–Trinajstić information content (AvgIpc) is 3.45. The number of carbonyl (C=O) groups is 3. The van der Waals surface area contributed by atoms with Gasteiger partial charge in [0.1, 0.15) is 40.9 Å². The number of rotatable bonds is 7. The topological polar surface area (TPSA) is 166 Å². The molecule has 0 saturated carbocycles. The van der Waals surface area contributed by atoms with Crippen LogP contribution in [-0.4, -0.2) is 79.2 Å². The van der Waals surface area contributed by atoms with Gasteiger partial charge in [-0.05, 0) is 17.7 Å². The molecule has 5 heterocycles. The summed E-state index contributed by atoms with van der Waals surface area (Å²) in [6, 6.07) is -0.934.